The van der Waals surface area contributed by atoms with Crippen LogP contribution in [0.25, 0.3) is 0 Å². The lowest BCUT2D eigenvalue weighted by Crippen LogP contribution is -2.44. The topological polar surface area (TPSA) is 78.9 Å². The molecular formula is C12H13BrFN3O2. The summed E-state index contributed by atoms with van der Waals surface area (Å²) in [6.07, 6.45) is 1.40. The molecule has 1 heterocycles. The summed E-state index contributed by atoms with van der Waals surface area (Å²) in [5.74, 6) is -0.815. The molecule has 1 unspecified atom stereocenters. The van der Waals surface area contributed by atoms with Gasteiger partial charge in [-0.25, -0.2) is 4.39 Å². The van der Waals surface area contributed by atoms with Crippen LogP contribution in [0.2, 0.25) is 0 Å². The van der Waals surface area contributed by atoms with E-state index in [2.05, 4.69) is 21.1 Å². The standard InChI is InChI=1S/C12H13BrFN3O2/c13-9-4-3-7(14)6-8(9)12(18)17-5-1-2-10(17)11(15)16-19/h3-4,6,10,19H,1-2,5H2,(H2,15,16). The van der Waals surface area contributed by atoms with E-state index >= 15 is 0 Å². The first-order chi connectivity index (χ1) is 9.04. The van der Waals surface area contributed by atoms with Gasteiger partial charge in [0, 0.05) is 11.0 Å². The minimum Gasteiger partial charge on any atom is -0.409 e. The summed E-state index contributed by atoms with van der Waals surface area (Å²) in [5.41, 5.74) is 5.81. The van der Waals surface area contributed by atoms with E-state index in [4.69, 9.17) is 10.9 Å². The Kier molecular flexibility index (Phi) is 4.04. The Hall–Kier alpha value is -1.63. The van der Waals surface area contributed by atoms with E-state index in [1.54, 1.807) is 0 Å². The summed E-state index contributed by atoms with van der Waals surface area (Å²) in [4.78, 5) is 13.9. The van der Waals surface area contributed by atoms with Gasteiger partial charge in [-0.2, -0.15) is 0 Å². The molecule has 1 fully saturated rings. The van der Waals surface area contributed by atoms with Crippen LogP contribution in [0.5, 0.6) is 0 Å². The summed E-state index contributed by atoms with van der Waals surface area (Å²) in [5, 5.41) is 11.7. The zero-order valence-electron chi connectivity index (χ0n) is 10.0. The Morgan fingerprint density at radius 1 is 1.58 bits per heavy atom. The molecule has 0 aromatic heterocycles. The van der Waals surface area contributed by atoms with Crippen molar-refractivity contribution in [1.82, 2.24) is 4.90 Å². The Balaban J connectivity index is 2.31. The van der Waals surface area contributed by atoms with Gasteiger partial charge in [0.1, 0.15) is 5.82 Å². The number of hydrogen-bond acceptors (Lipinski definition) is 3. The van der Waals surface area contributed by atoms with Crippen molar-refractivity contribution in [3.63, 3.8) is 0 Å². The first kappa shape index (κ1) is 13.8. The second-order valence-electron chi connectivity index (χ2n) is 4.31. The number of likely N-dealkylation sites (tertiary alicyclic amines) is 1. The molecule has 0 spiro atoms. The number of nitrogens with zero attached hydrogens (tertiary/aromatic N) is 2. The predicted octanol–water partition coefficient (Wildman–Crippen LogP) is 1.94. The minimum atomic E-state index is -0.480. The highest BCUT2D eigenvalue weighted by Gasteiger charge is 2.33. The smallest absolute Gasteiger partial charge is 0.255 e. The van der Waals surface area contributed by atoms with Gasteiger partial charge in [-0.05, 0) is 47.0 Å². The summed E-state index contributed by atoms with van der Waals surface area (Å²) < 4.78 is 13.8. The van der Waals surface area contributed by atoms with Crippen molar-refractivity contribution < 1.29 is 14.4 Å². The highest BCUT2D eigenvalue weighted by Crippen LogP contribution is 2.25. The molecule has 19 heavy (non-hydrogen) atoms. The Morgan fingerprint density at radius 3 is 3.00 bits per heavy atom. The van der Waals surface area contributed by atoms with Crippen molar-refractivity contribution in [3.8, 4) is 0 Å². The van der Waals surface area contributed by atoms with Gasteiger partial charge in [0.05, 0.1) is 11.6 Å². The van der Waals surface area contributed by atoms with Gasteiger partial charge >= 0.3 is 0 Å². The molecule has 0 saturated carbocycles. The maximum atomic E-state index is 13.2. The van der Waals surface area contributed by atoms with Gasteiger partial charge in [0.2, 0.25) is 0 Å². The van der Waals surface area contributed by atoms with Crippen LogP contribution >= 0.6 is 15.9 Å². The average Bonchev–Trinajstić information content (AvgIpc) is 2.89. The molecule has 102 valence electrons. The molecule has 1 aromatic carbocycles. The van der Waals surface area contributed by atoms with Gasteiger partial charge in [-0.3, -0.25) is 4.79 Å². The SMILES string of the molecule is NC(=NO)C1CCCN1C(=O)c1cc(F)ccc1Br. The van der Waals surface area contributed by atoms with Crippen LogP contribution in [0.15, 0.2) is 27.8 Å². The van der Waals surface area contributed by atoms with E-state index < -0.39 is 11.9 Å². The van der Waals surface area contributed by atoms with Crippen molar-refractivity contribution in [2.45, 2.75) is 18.9 Å². The van der Waals surface area contributed by atoms with Crippen LogP contribution < -0.4 is 5.73 Å². The molecule has 1 aliphatic heterocycles. The van der Waals surface area contributed by atoms with E-state index in [0.717, 1.165) is 6.42 Å². The highest BCUT2D eigenvalue weighted by atomic mass is 79.9. The largest absolute Gasteiger partial charge is 0.409 e. The molecule has 0 radical (unpaired) electrons. The molecular weight excluding hydrogens is 317 g/mol. The number of amides is 1. The lowest BCUT2D eigenvalue weighted by atomic mass is 10.1. The maximum Gasteiger partial charge on any atom is 0.255 e. The van der Waals surface area contributed by atoms with Crippen molar-refractivity contribution >= 4 is 27.7 Å². The number of amidine groups is 1. The molecule has 2 rings (SSSR count). The fourth-order valence-electron chi connectivity index (χ4n) is 2.20. The number of halogens is 2. The van der Waals surface area contributed by atoms with Crippen LogP contribution in [0, 0.1) is 5.82 Å². The Morgan fingerprint density at radius 2 is 2.32 bits per heavy atom. The van der Waals surface area contributed by atoms with Crippen LogP contribution in [-0.4, -0.2) is 34.4 Å². The Bertz CT molecular complexity index is 536. The highest BCUT2D eigenvalue weighted by molar-refractivity contribution is 9.10. The predicted molar refractivity (Wildman–Crippen MR) is 71.6 cm³/mol. The van der Waals surface area contributed by atoms with Crippen LogP contribution in [0.3, 0.4) is 0 Å². The number of nitrogens with two attached hydrogens (primary N) is 1. The average molecular weight is 330 g/mol. The van der Waals surface area contributed by atoms with Crippen molar-refractivity contribution in [1.29, 1.82) is 0 Å². The number of carbonyl (C=O) groups is 1. The third kappa shape index (κ3) is 2.70. The molecule has 0 bridgehead atoms. The van der Waals surface area contributed by atoms with E-state index in [1.807, 2.05) is 0 Å². The molecule has 3 N–H and O–H groups in total. The van der Waals surface area contributed by atoms with E-state index in [1.165, 1.54) is 23.1 Å². The fourth-order valence-corrected chi connectivity index (χ4v) is 2.62. The van der Waals surface area contributed by atoms with Crippen LogP contribution in [-0.2, 0) is 0 Å². The summed E-state index contributed by atoms with van der Waals surface area (Å²) in [6, 6.07) is 3.49. The first-order valence-electron chi connectivity index (χ1n) is 5.78. The summed E-state index contributed by atoms with van der Waals surface area (Å²) in [6.45, 7) is 0.503. The van der Waals surface area contributed by atoms with Gasteiger partial charge in [-0.15, -0.1) is 0 Å². The van der Waals surface area contributed by atoms with Gasteiger partial charge < -0.3 is 15.8 Å². The van der Waals surface area contributed by atoms with Crippen molar-refractivity contribution in [2.75, 3.05) is 6.54 Å². The molecule has 7 heteroatoms. The fraction of sp³-hybridized carbons (Fsp3) is 0.333. The van der Waals surface area contributed by atoms with Gasteiger partial charge in [0.15, 0.2) is 5.84 Å². The van der Waals surface area contributed by atoms with Crippen LogP contribution in [0.4, 0.5) is 4.39 Å². The monoisotopic (exact) mass is 329 g/mol. The number of carbonyl (C=O) groups excluding carboxylic acids is 1. The molecule has 1 amide bonds. The Labute approximate surface area is 118 Å². The molecule has 1 aromatic rings. The van der Waals surface area contributed by atoms with E-state index in [9.17, 15) is 9.18 Å². The second kappa shape index (κ2) is 5.56. The molecule has 1 saturated heterocycles. The number of benzene rings is 1. The van der Waals surface area contributed by atoms with Gasteiger partial charge in [0.25, 0.3) is 5.91 Å². The summed E-state index contributed by atoms with van der Waals surface area (Å²) >= 11 is 3.23. The second-order valence-corrected chi connectivity index (χ2v) is 5.16. The third-order valence-corrected chi connectivity index (χ3v) is 3.82. The molecule has 5 nitrogen and oxygen atoms in total. The van der Waals surface area contributed by atoms with E-state index in [0.29, 0.717) is 17.4 Å². The maximum absolute atomic E-state index is 13.2. The molecule has 1 aliphatic rings. The lowest BCUT2D eigenvalue weighted by Gasteiger charge is -2.24. The number of rotatable bonds is 2. The number of hydrogen-bond donors (Lipinski definition) is 2. The quantitative estimate of drug-likeness (QED) is 0.376. The van der Waals surface area contributed by atoms with Crippen LogP contribution in [0.1, 0.15) is 23.2 Å². The first-order valence-corrected chi connectivity index (χ1v) is 6.57. The van der Waals surface area contributed by atoms with E-state index in [-0.39, 0.29) is 17.3 Å². The molecule has 1 atom stereocenters. The minimum absolute atomic E-state index is 0.00150. The number of oxime groups is 1. The third-order valence-electron chi connectivity index (χ3n) is 3.13. The van der Waals surface area contributed by atoms with Crippen molar-refractivity contribution in [3.05, 3.63) is 34.1 Å². The van der Waals surface area contributed by atoms with Crippen molar-refractivity contribution in [2.24, 2.45) is 10.9 Å². The zero-order chi connectivity index (χ0) is 14.0. The lowest BCUT2D eigenvalue weighted by molar-refractivity contribution is 0.0766. The van der Waals surface area contributed by atoms with Gasteiger partial charge in [-0.1, -0.05) is 5.16 Å². The molecule has 0 aliphatic carbocycles. The summed E-state index contributed by atoms with van der Waals surface area (Å²) in [7, 11) is 0. The normalized spacial score (nSPS) is 19.8. The zero-order valence-corrected chi connectivity index (χ0v) is 11.6.